The molecule has 0 aliphatic carbocycles. The van der Waals surface area contributed by atoms with Crippen molar-refractivity contribution in [3.05, 3.63) is 35.1 Å². The van der Waals surface area contributed by atoms with Crippen LogP contribution in [0.25, 0.3) is 11.4 Å². The van der Waals surface area contributed by atoms with Gasteiger partial charge in [0.15, 0.2) is 5.82 Å². The van der Waals surface area contributed by atoms with Gasteiger partial charge >= 0.3 is 6.01 Å². The van der Waals surface area contributed by atoms with Crippen LogP contribution >= 0.6 is 11.6 Å². The Morgan fingerprint density at radius 2 is 2.16 bits per heavy atom. The molecule has 1 aromatic carbocycles. The molecule has 5 nitrogen and oxygen atoms in total. The monoisotopic (exact) mass is 274 g/mol. The van der Waals surface area contributed by atoms with Crippen molar-refractivity contribution in [2.75, 3.05) is 6.61 Å². The molecule has 0 spiro atoms. The number of hydrogen-bond acceptors (Lipinski definition) is 5. The largest absolute Gasteiger partial charge is 0.463 e. The highest BCUT2D eigenvalue weighted by Gasteiger charge is 2.08. The Labute approximate surface area is 115 Å². The second-order valence-corrected chi connectivity index (χ2v) is 4.09. The van der Waals surface area contributed by atoms with Crippen LogP contribution in [-0.4, -0.2) is 21.6 Å². The number of nitriles is 1. The molecule has 0 aliphatic rings. The average Bonchev–Trinajstić information content (AvgIpc) is 2.44. The van der Waals surface area contributed by atoms with Gasteiger partial charge in [-0.3, -0.25) is 0 Å². The van der Waals surface area contributed by atoms with Crippen LogP contribution in [-0.2, 0) is 0 Å². The van der Waals surface area contributed by atoms with E-state index in [4.69, 9.17) is 21.6 Å². The maximum absolute atomic E-state index is 8.88. The lowest BCUT2D eigenvalue weighted by Gasteiger charge is -2.05. The van der Waals surface area contributed by atoms with Crippen LogP contribution in [0.2, 0.25) is 5.28 Å². The molecule has 96 valence electrons. The van der Waals surface area contributed by atoms with E-state index >= 15 is 0 Å². The zero-order valence-electron chi connectivity index (χ0n) is 10.3. The van der Waals surface area contributed by atoms with E-state index in [-0.39, 0.29) is 11.3 Å². The van der Waals surface area contributed by atoms with Crippen molar-refractivity contribution >= 4 is 11.6 Å². The number of nitrogens with zero attached hydrogens (tertiary/aromatic N) is 4. The van der Waals surface area contributed by atoms with E-state index < -0.39 is 0 Å². The molecule has 0 amide bonds. The molecule has 1 heterocycles. The van der Waals surface area contributed by atoms with E-state index in [2.05, 4.69) is 21.0 Å². The first kappa shape index (κ1) is 13.2. The van der Waals surface area contributed by atoms with Crippen molar-refractivity contribution in [3.63, 3.8) is 0 Å². The quantitative estimate of drug-likeness (QED) is 0.857. The molecule has 0 atom stereocenters. The van der Waals surface area contributed by atoms with E-state index in [0.717, 1.165) is 6.42 Å². The van der Waals surface area contributed by atoms with Crippen LogP contribution in [0.3, 0.4) is 0 Å². The lowest BCUT2D eigenvalue weighted by Crippen LogP contribution is -2.02. The lowest BCUT2D eigenvalue weighted by molar-refractivity contribution is 0.291. The molecule has 0 saturated carbocycles. The van der Waals surface area contributed by atoms with Crippen LogP contribution < -0.4 is 4.74 Å². The van der Waals surface area contributed by atoms with E-state index in [1.807, 2.05) is 6.92 Å². The maximum Gasteiger partial charge on any atom is 0.321 e. The van der Waals surface area contributed by atoms with Gasteiger partial charge in [0.2, 0.25) is 5.28 Å². The van der Waals surface area contributed by atoms with Gasteiger partial charge in [0.25, 0.3) is 0 Å². The van der Waals surface area contributed by atoms with Crippen LogP contribution in [0.1, 0.15) is 18.9 Å². The molecule has 0 saturated heterocycles. The summed E-state index contributed by atoms with van der Waals surface area (Å²) in [5.74, 6) is 0.392. The highest BCUT2D eigenvalue weighted by atomic mass is 35.5. The van der Waals surface area contributed by atoms with E-state index in [1.54, 1.807) is 24.3 Å². The molecular weight excluding hydrogens is 264 g/mol. The third kappa shape index (κ3) is 3.39. The molecular formula is C13H11ClN4O. The van der Waals surface area contributed by atoms with E-state index in [1.165, 1.54) is 0 Å². The summed E-state index contributed by atoms with van der Waals surface area (Å²) < 4.78 is 5.34. The Kier molecular flexibility index (Phi) is 4.26. The molecule has 0 unspecified atom stereocenters. The van der Waals surface area contributed by atoms with Gasteiger partial charge in [0.1, 0.15) is 0 Å². The summed E-state index contributed by atoms with van der Waals surface area (Å²) in [7, 11) is 0. The zero-order chi connectivity index (χ0) is 13.7. The number of aromatic nitrogens is 3. The minimum atomic E-state index is 0.0680. The zero-order valence-corrected chi connectivity index (χ0v) is 11.1. The first-order valence-electron chi connectivity index (χ1n) is 5.78. The number of hydrogen-bond donors (Lipinski definition) is 0. The van der Waals surface area contributed by atoms with Gasteiger partial charge in [-0.15, -0.1) is 0 Å². The molecule has 0 radical (unpaired) electrons. The highest BCUT2D eigenvalue weighted by Crippen LogP contribution is 2.19. The second kappa shape index (κ2) is 6.12. The number of ether oxygens (including phenoxy) is 1. The molecule has 0 bridgehead atoms. The summed E-state index contributed by atoms with van der Waals surface area (Å²) in [5, 5.41) is 8.95. The first-order valence-corrected chi connectivity index (χ1v) is 6.15. The SMILES string of the molecule is CCCOc1nc(Cl)nc(-c2cccc(C#N)c2)n1. The van der Waals surface area contributed by atoms with Gasteiger partial charge < -0.3 is 4.74 Å². The van der Waals surface area contributed by atoms with Gasteiger partial charge in [-0.25, -0.2) is 0 Å². The molecule has 19 heavy (non-hydrogen) atoms. The van der Waals surface area contributed by atoms with Crippen molar-refractivity contribution in [1.82, 2.24) is 15.0 Å². The van der Waals surface area contributed by atoms with Gasteiger partial charge in [-0.05, 0) is 30.2 Å². The molecule has 6 heteroatoms. The smallest absolute Gasteiger partial charge is 0.321 e. The Bertz CT molecular complexity index is 624. The summed E-state index contributed by atoms with van der Waals surface area (Å²) in [6.07, 6.45) is 0.850. The lowest BCUT2D eigenvalue weighted by atomic mass is 10.1. The Balaban J connectivity index is 2.38. The van der Waals surface area contributed by atoms with Crippen LogP contribution in [0.5, 0.6) is 6.01 Å². The van der Waals surface area contributed by atoms with Crippen molar-refractivity contribution in [2.45, 2.75) is 13.3 Å². The fourth-order valence-corrected chi connectivity index (χ4v) is 1.60. The minimum Gasteiger partial charge on any atom is -0.463 e. The summed E-state index contributed by atoms with van der Waals surface area (Å²) in [4.78, 5) is 12.1. The fourth-order valence-electron chi connectivity index (χ4n) is 1.45. The summed E-state index contributed by atoms with van der Waals surface area (Å²) in [6, 6.07) is 9.22. The molecule has 0 aliphatic heterocycles. The van der Waals surface area contributed by atoms with E-state index in [9.17, 15) is 0 Å². The molecule has 0 fully saturated rings. The van der Waals surface area contributed by atoms with Crippen LogP contribution in [0, 0.1) is 11.3 Å². The standard InChI is InChI=1S/C13H11ClN4O/c1-2-6-19-13-17-11(16-12(14)18-13)10-5-3-4-9(7-10)8-15/h3-5,7H,2,6H2,1H3. The first-order chi connectivity index (χ1) is 9.22. The van der Waals surface area contributed by atoms with E-state index in [0.29, 0.717) is 23.6 Å². The molecule has 2 aromatic rings. The minimum absolute atomic E-state index is 0.0680. The number of halogens is 1. The topological polar surface area (TPSA) is 71.7 Å². The van der Waals surface area contributed by atoms with Crippen molar-refractivity contribution in [2.24, 2.45) is 0 Å². The van der Waals surface area contributed by atoms with Crippen molar-refractivity contribution in [1.29, 1.82) is 5.26 Å². The molecule has 1 aromatic heterocycles. The Morgan fingerprint density at radius 1 is 1.32 bits per heavy atom. The average molecular weight is 275 g/mol. The summed E-state index contributed by atoms with van der Waals surface area (Å²) >= 11 is 5.85. The summed E-state index contributed by atoms with van der Waals surface area (Å²) in [5.41, 5.74) is 1.23. The Hall–Kier alpha value is -2.19. The van der Waals surface area contributed by atoms with Crippen LogP contribution in [0.15, 0.2) is 24.3 Å². The number of benzene rings is 1. The van der Waals surface area contributed by atoms with Crippen molar-refractivity contribution < 1.29 is 4.74 Å². The van der Waals surface area contributed by atoms with Crippen LogP contribution in [0.4, 0.5) is 0 Å². The molecule has 0 N–H and O–H groups in total. The predicted octanol–water partition coefficient (Wildman–Crippen LogP) is 2.85. The number of rotatable bonds is 4. The van der Waals surface area contributed by atoms with Gasteiger partial charge in [-0.1, -0.05) is 19.1 Å². The maximum atomic E-state index is 8.88. The summed E-state index contributed by atoms with van der Waals surface area (Å²) in [6.45, 7) is 2.50. The van der Waals surface area contributed by atoms with Gasteiger partial charge in [0, 0.05) is 5.56 Å². The second-order valence-electron chi connectivity index (χ2n) is 3.75. The highest BCUT2D eigenvalue weighted by molar-refractivity contribution is 6.28. The fraction of sp³-hybridized carbons (Fsp3) is 0.231. The molecule has 2 rings (SSSR count). The third-order valence-corrected chi connectivity index (χ3v) is 2.44. The predicted molar refractivity (Wildman–Crippen MR) is 70.8 cm³/mol. The van der Waals surface area contributed by atoms with Crippen molar-refractivity contribution in [3.8, 4) is 23.5 Å². The Morgan fingerprint density at radius 3 is 2.89 bits per heavy atom. The normalized spacial score (nSPS) is 9.95. The van der Waals surface area contributed by atoms with Gasteiger partial charge in [-0.2, -0.15) is 20.2 Å². The third-order valence-electron chi connectivity index (χ3n) is 2.27. The van der Waals surface area contributed by atoms with Gasteiger partial charge in [0.05, 0.1) is 18.2 Å².